The zero-order valence-corrected chi connectivity index (χ0v) is 25.7. The van der Waals surface area contributed by atoms with Gasteiger partial charge in [-0.05, 0) is 28.5 Å². The summed E-state index contributed by atoms with van der Waals surface area (Å²) in [6, 6.07) is 30.6. The number of nitrogens with zero attached hydrogens (tertiary/aromatic N) is 4. The smallest absolute Gasteiger partial charge is 0.321 e. The van der Waals surface area contributed by atoms with Crippen molar-refractivity contribution >= 4 is 35.5 Å². The fourth-order valence-corrected chi connectivity index (χ4v) is 6.38. The van der Waals surface area contributed by atoms with E-state index in [4.69, 9.17) is 23.7 Å². The Morgan fingerprint density at radius 3 is 1.89 bits per heavy atom. The van der Waals surface area contributed by atoms with E-state index in [1.165, 1.54) is 13.4 Å². The minimum Gasteiger partial charge on any atom is -0.376 e. The number of imidazole rings is 1. The Kier molecular flexibility index (Phi) is 8.86. The number of benzene rings is 3. The van der Waals surface area contributed by atoms with Gasteiger partial charge in [-0.15, -0.1) is 0 Å². The first-order valence-corrected chi connectivity index (χ1v) is 16.5. The van der Waals surface area contributed by atoms with Crippen molar-refractivity contribution in [3.05, 3.63) is 120 Å². The molecule has 13 heteroatoms. The summed E-state index contributed by atoms with van der Waals surface area (Å²) >= 11 is 4.62. The molecule has 0 radical (unpaired) electrons. The Morgan fingerprint density at radius 2 is 1.39 bits per heavy atom. The fraction of sp³-hybridized carbons (Fsp3) is 0.258. The lowest BCUT2D eigenvalue weighted by Crippen LogP contribution is -2.38. The molecular formula is C31H32N5O6PS. The molecule has 3 N–H and O–H groups in total. The molecule has 0 saturated carbocycles. The quantitative estimate of drug-likeness (QED) is 0.141. The zero-order chi connectivity index (χ0) is 30.7. The maximum Gasteiger partial charge on any atom is 0.321 e. The van der Waals surface area contributed by atoms with Crippen LogP contribution in [0.25, 0.3) is 11.2 Å². The second-order valence-electron chi connectivity index (χ2n) is 10.3. The molecule has 0 amide bonds. The molecule has 1 aliphatic rings. The molecule has 1 aliphatic heterocycles. The number of fused-ring (bicyclic) bond motifs is 1. The van der Waals surface area contributed by atoms with Gasteiger partial charge in [0.15, 0.2) is 23.2 Å². The average Bonchev–Trinajstić information content (AvgIpc) is 3.65. The van der Waals surface area contributed by atoms with Crippen molar-refractivity contribution < 1.29 is 28.5 Å². The van der Waals surface area contributed by atoms with Gasteiger partial charge in [-0.2, -0.15) is 0 Å². The van der Waals surface area contributed by atoms with E-state index < -0.39 is 36.8 Å². The number of aromatic nitrogens is 4. The lowest BCUT2D eigenvalue weighted by molar-refractivity contribution is -0.0567. The molecule has 0 spiro atoms. The van der Waals surface area contributed by atoms with Crippen molar-refractivity contribution in [3.8, 4) is 0 Å². The summed E-state index contributed by atoms with van der Waals surface area (Å²) in [4.78, 5) is 33.2. The third kappa shape index (κ3) is 5.79. The molecule has 44 heavy (non-hydrogen) atoms. The zero-order valence-electron chi connectivity index (χ0n) is 24.0. The van der Waals surface area contributed by atoms with Gasteiger partial charge in [0.1, 0.15) is 30.2 Å². The lowest BCUT2D eigenvalue weighted by Gasteiger charge is -2.37. The van der Waals surface area contributed by atoms with Crippen LogP contribution in [0.5, 0.6) is 0 Å². The van der Waals surface area contributed by atoms with Crippen LogP contribution >= 0.6 is 6.72 Å². The third-order valence-corrected chi connectivity index (χ3v) is 8.60. The van der Waals surface area contributed by atoms with E-state index in [-0.39, 0.29) is 6.61 Å². The van der Waals surface area contributed by atoms with Gasteiger partial charge in [0.25, 0.3) is 0 Å². The van der Waals surface area contributed by atoms with Gasteiger partial charge in [-0.1, -0.05) is 91.0 Å². The predicted octanol–water partition coefficient (Wildman–Crippen LogP) is 4.38. The molecular weight excluding hydrogens is 601 g/mol. The van der Waals surface area contributed by atoms with E-state index in [0.717, 1.165) is 16.7 Å². The van der Waals surface area contributed by atoms with Crippen LogP contribution in [0.15, 0.2) is 104 Å². The molecule has 11 nitrogen and oxygen atoms in total. The number of rotatable bonds is 11. The molecule has 0 bridgehead atoms. The van der Waals surface area contributed by atoms with Gasteiger partial charge in [0.05, 0.1) is 12.9 Å². The van der Waals surface area contributed by atoms with E-state index in [1.54, 1.807) is 18.0 Å². The van der Waals surface area contributed by atoms with Gasteiger partial charge >= 0.3 is 6.72 Å². The van der Waals surface area contributed by atoms with Crippen LogP contribution in [0, 0.1) is 0 Å². The molecule has 228 valence electrons. The maximum absolute atomic E-state index is 9.61. The number of hydrogen-bond donors (Lipinski definition) is 3. The molecule has 1 unspecified atom stereocenters. The minimum atomic E-state index is -3.90. The van der Waals surface area contributed by atoms with Crippen LogP contribution in [0.4, 0.5) is 5.82 Å². The van der Waals surface area contributed by atoms with Gasteiger partial charge in [0, 0.05) is 14.2 Å². The summed E-state index contributed by atoms with van der Waals surface area (Å²) in [6.07, 6.45) is 0.497. The molecule has 2 aromatic heterocycles. The number of anilines is 1. The highest BCUT2D eigenvalue weighted by atomic mass is 32.5. The van der Waals surface area contributed by atoms with Gasteiger partial charge in [-0.3, -0.25) is 4.57 Å². The first-order valence-electron chi connectivity index (χ1n) is 13.9. The second-order valence-corrected chi connectivity index (χ2v) is 12.9. The second kappa shape index (κ2) is 12.8. The molecule has 0 aliphatic carbocycles. The SMILES string of the molecule is COC1[C@@H](OC)[C@@H](COP(O)(O)=S)O[C@H]1n1cnc2c(NC(c3ccccc3)(c3ccccc3)c3ccccc3)ncnc21. The summed E-state index contributed by atoms with van der Waals surface area (Å²) in [5.41, 5.74) is 3.24. The number of ether oxygens (including phenoxy) is 3. The van der Waals surface area contributed by atoms with Crippen molar-refractivity contribution in [1.82, 2.24) is 19.5 Å². The van der Waals surface area contributed by atoms with Crippen LogP contribution in [0.1, 0.15) is 22.9 Å². The van der Waals surface area contributed by atoms with Crippen molar-refractivity contribution in [1.29, 1.82) is 0 Å². The van der Waals surface area contributed by atoms with Gasteiger partial charge in [-0.25, -0.2) is 15.0 Å². The Balaban J connectivity index is 1.45. The molecule has 6 rings (SSSR count). The maximum atomic E-state index is 9.61. The van der Waals surface area contributed by atoms with Crippen molar-refractivity contribution in [2.75, 3.05) is 26.1 Å². The van der Waals surface area contributed by atoms with Gasteiger partial charge in [0.2, 0.25) is 0 Å². The molecule has 4 atom stereocenters. The van der Waals surface area contributed by atoms with Crippen molar-refractivity contribution in [2.45, 2.75) is 30.1 Å². The Hall–Kier alpha value is -3.58. The van der Waals surface area contributed by atoms with Crippen LogP contribution in [0.2, 0.25) is 0 Å². The van der Waals surface area contributed by atoms with Crippen LogP contribution in [-0.4, -0.2) is 68.4 Å². The largest absolute Gasteiger partial charge is 0.376 e. The molecule has 5 aromatic rings. The van der Waals surface area contributed by atoms with Crippen molar-refractivity contribution in [2.24, 2.45) is 0 Å². The first kappa shape index (κ1) is 30.4. The van der Waals surface area contributed by atoms with Crippen molar-refractivity contribution in [3.63, 3.8) is 0 Å². The molecule has 1 saturated heterocycles. The van der Waals surface area contributed by atoms with Crippen LogP contribution < -0.4 is 5.32 Å². The Morgan fingerprint density at radius 1 is 0.841 bits per heavy atom. The Bertz CT molecular complexity index is 1640. The number of nitrogens with one attached hydrogen (secondary N) is 1. The van der Waals surface area contributed by atoms with E-state index in [2.05, 4.69) is 63.5 Å². The molecule has 1 fully saturated rings. The summed E-state index contributed by atoms with van der Waals surface area (Å²) in [7, 11) is 3.07. The molecule has 3 aromatic carbocycles. The van der Waals surface area contributed by atoms with Crippen LogP contribution in [0.3, 0.4) is 0 Å². The highest BCUT2D eigenvalue weighted by Crippen LogP contribution is 2.42. The lowest BCUT2D eigenvalue weighted by atomic mass is 9.77. The van der Waals surface area contributed by atoms with E-state index in [9.17, 15) is 9.79 Å². The summed E-state index contributed by atoms with van der Waals surface area (Å²) in [5, 5.41) is 3.77. The summed E-state index contributed by atoms with van der Waals surface area (Å²) in [6.45, 7) is -4.09. The summed E-state index contributed by atoms with van der Waals surface area (Å²) in [5.74, 6) is 0.515. The van der Waals surface area contributed by atoms with E-state index in [0.29, 0.717) is 17.0 Å². The predicted molar refractivity (Wildman–Crippen MR) is 168 cm³/mol. The van der Waals surface area contributed by atoms with E-state index >= 15 is 0 Å². The number of methoxy groups -OCH3 is 2. The first-order chi connectivity index (χ1) is 21.4. The van der Waals surface area contributed by atoms with Crippen LogP contribution in [-0.2, 0) is 36.1 Å². The topological polar surface area (TPSA) is 133 Å². The summed E-state index contributed by atoms with van der Waals surface area (Å²) < 4.78 is 24.6. The molecule has 3 heterocycles. The fourth-order valence-electron chi connectivity index (χ4n) is 5.86. The highest BCUT2D eigenvalue weighted by molar-refractivity contribution is 8.06. The third-order valence-electron chi connectivity index (χ3n) is 7.80. The standard InChI is InChI=1S/C31H32N5O6PS/c1-39-26-24(18-41-43(37,38)44)42-30(27(26)40-2)36-20-34-25-28(32-19-33-29(25)36)35-31(21-12-6-3-7-13-21,22-14-8-4-9-15-22)23-16-10-5-11-17-23/h3-17,19-20,24,26-27,30H,18H2,1-2H3,(H,32,33,35)(H2,37,38,44)/t24-,26+,27?,30-/m1/s1. The van der Waals surface area contributed by atoms with E-state index in [1.807, 2.05) is 54.6 Å². The monoisotopic (exact) mass is 633 g/mol. The highest BCUT2D eigenvalue weighted by Gasteiger charge is 2.47. The average molecular weight is 634 g/mol. The number of hydrogen-bond acceptors (Lipinski definition) is 9. The Labute approximate surface area is 259 Å². The minimum absolute atomic E-state index is 0.193. The normalized spacial score (nSPS) is 20.6. The van der Waals surface area contributed by atoms with Gasteiger partial charge < -0.3 is 33.8 Å².